The summed E-state index contributed by atoms with van der Waals surface area (Å²) in [7, 11) is 0. The number of hydrogen-bond acceptors (Lipinski definition) is 4. The summed E-state index contributed by atoms with van der Waals surface area (Å²) < 4.78 is 7.27. The van der Waals surface area contributed by atoms with E-state index in [9.17, 15) is 10.5 Å². The van der Waals surface area contributed by atoms with Gasteiger partial charge in [-0.1, -0.05) is 72.8 Å². The van der Waals surface area contributed by atoms with Crippen LogP contribution in [0.25, 0.3) is 90.1 Å². The second-order valence-electron chi connectivity index (χ2n) is 12.3. The van der Waals surface area contributed by atoms with Gasteiger partial charge in [-0.25, -0.2) is 0 Å². The third kappa shape index (κ3) is 4.17. The van der Waals surface area contributed by atoms with E-state index < -0.39 is 0 Å². The van der Waals surface area contributed by atoms with E-state index in [4.69, 9.17) is 0 Å². The molecule has 3 nitrogen and oxygen atoms in total. The fourth-order valence-corrected chi connectivity index (χ4v) is 9.65. The molecule has 49 heavy (non-hydrogen) atoms. The summed E-state index contributed by atoms with van der Waals surface area (Å²) >= 11 is 3.64. The average molecular weight is 658 g/mol. The SMILES string of the molecule is N#Cc1cccc(-c2ccc3sc4cc5c(cc4c3c2)sc2ccc(-c3cccc(C#N)c3-n3c4ccccc4c4ccccc43)cc25)c1. The molecule has 226 valence electrons. The quantitative estimate of drug-likeness (QED) is 0.190. The summed E-state index contributed by atoms with van der Waals surface area (Å²) in [6.07, 6.45) is 0. The summed E-state index contributed by atoms with van der Waals surface area (Å²) in [5.74, 6) is 0. The lowest BCUT2D eigenvalue weighted by Crippen LogP contribution is -2.00. The Labute approximate surface area is 289 Å². The van der Waals surface area contributed by atoms with Crippen LogP contribution < -0.4 is 0 Å². The number of rotatable bonds is 3. The highest BCUT2D eigenvalue weighted by atomic mass is 32.1. The van der Waals surface area contributed by atoms with Gasteiger partial charge in [0.25, 0.3) is 0 Å². The van der Waals surface area contributed by atoms with Gasteiger partial charge in [0.1, 0.15) is 6.07 Å². The molecule has 0 radical (unpaired) electrons. The highest BCUT2D eigenvalue weighted by Gasteiger charge is 2.20. The number of aromatic nitrogens is 1. The third-order valence-electron chi connectivity index (χ3n) is 9.66. The Morgan fingerprint density at radius 3 is 1.65 bits per heavy atom. The lowest BCUT2D eigenvalue weighted by molar-refractivity contribution is 1.17. The van der Waals surface area contributed by atoms with Gasteiger partial charge in [-0.2, -0.15) is 10.5 Å². The zero-order valence-electron chi connectivity index (χ0n) is 25.9. The summed E-state index contributed by atoms with van der Waals surface area (Å²) in [6.45, 7) is 0. The van der Waals surface area contributed by atoms with Crippen LogP contribution in [0.1, 0.15) is 11.1 Å². The van der Waals surface area contributed by atoms with Gasteiger partial charge in [-0.3, -0.25) is 0 Å². The average Bonchev–Trinajstić information content (AvgIpc) is 3.81. The minimum absolute atomic E-state index is 0.644. The maximum Gasteiger partial charge on any atom is 0.101 e. The van der Waals surface area contributed by atoms with E-state index in [1.807, 2.05) is 53.0 Å². The molecule has 0 fully saturated rings. The molecule has 5 heteroatoms. The molecule has 0 bridgehead atoms. The van der Waals surface area contributed by atoms with Crippen molar-refractivity contribution in [3.05, 3.63) is 151 Å². The summed E-state index contributed by atoms with van der Waals surface area (Å²) in [4.78, 5) is 0. The van der Waals surface area contributed by atoms with E-state index in [1.54, 1.807) is 0 Å². The molecule has 0 aliphatic carbocycles. The molecule has 10 aromatic rings. The Hall–Kier alpha value is -6.24. The van der Waals surface area contributed by atoms with Crippen LogP contribution in [0, 0.1) is 22.7 Å². The molecule has 10 rings (SSSR count). The highest BCUT2D eigenvalue weighted by molar-refractivity contribution is 7.27. The lowest BCUT2D eigenvalue weighted by atomic mass is 9.98. The zero-order chi connectivity index (χ0) is 32.6. The van der Waals surface area contributed by atoms with E-state index >= 15 is 0 Å². The Morgan fingerprint density at radius 1 is 0.429 bits per heavy atom. The van der Waals surface area contributed by atoms with Crippen LogP contribution in [-0.2, 0) is 0 Å². The number of fused-ring (bicyclic) bond motifs is 9. The van der Waals surface area contributed by atoms with Crippen molar-refractivity contribution < 1.29 is 0 Å². The second kappa shape index (κ2) is 10.6. The lowest BCUT2D eigenvalue weighted by Gasteiger charge is -2.16. The van der Waals surface area contributed by atoms with E-state index in [0.29, 0.717) is 11.1 Å². The van der Waals surface area contributed by atoms with Gasteiger partial charge >= 0.3 is 0 Å². The topological polar surface area (TPSA) is 52.5 Å². The molecule has 3 aromatic heterocycles. The highest BCUT2D eigenvalue weighted by Crippen LogP contribution is 2.45. The molecular formula is C44H23N3S2. The van der Waals surface area contributed by atoms with E-state index in [-0.39, 0.29) is 0 Å². The summed E-state index contributed by atoms with van der Waals surface area (Å²) in [5, 5.41) is 27.1. The van der Waals surface area contributed by atoms with Crippen LogP contribution in [0.15, 0.2) is 140 Å². The van der Waals surface area contributed by atoms with Crippen molar-refractivity contribution in [3.63, 3.8) is 0 Å². The summed E-state index contributed by atoms with van der Waals surface area (Å²) in [5.41, 5.74) is 8.67. The number of benzene rings is 7. The van der Waals surface area contributed by atoms with Gasteiger partial charge in [0, 0.05) is 56.7 Å². The minimum Gasteiger partial charge on any atom is -0.307 e. The standard InChI is InChI=1S/C44H23N3S2/c45-24-26-7-5-8-27(19-26)28-15-17-40-34(20-28)36-22-43-37(23-42(36)48-40)35-21-29(16-18-41(35)49-43)31-12-6-9-30(25-46)44(31)47-38-13-3-1-10-32(38)33-11-2-4-14-39(33)47/h1-23H. The summed E-state index contributed by atoms with van der Waals surface area (Å²) in [6, 6.07) is 53.6. The molecule has 0 spiro atoms. The normalized spacial score (nSPS) is 11.6. The number of para-hydroxylation sites is 3. The zero-order valence-corrected chi connectivity index (χ0v) is 27.6. The first-order valence-electron chi connectivity index (χ1n) is 16.0. The first kappa shape index (κ1) is 27.8. The molecule has 7 aromatic carbocycles. The largest absolute Gasteiger partial charge is 0.307 e. The van der Waals surface area contributed by atoms with Crippen LogP contribution in [0.3, 0.4) is 0 Å². The monoisotopic (exact) mass is 657 g/mol. The van der Waals surface area contributed by atoms with Crippen molar-refractivity contribution >= 4 is 84.8 Å². The molecule has 3 heterocycles. The smallest absolute Gasteiger partial charge is 0.101 e. The van der Waals surface area contributed by atoms with E-state index in [1.165, 1.54) is 51.1 Å². The molecule has 0 N–H and O–H groups in total. The number of nitriles is 2. The number of nitrogens with zero attached hydrogens (tertiary/aromatic N) is 3. The number of hydrogen-bond donors (Lipinski definition) is 0. The van der Waals surface area contributed by atoms with Gasteiger partial charge < -0.3 is 4.57 Å². The van der Waals surface area contributed by atoms with Crippen LogP contribution in [-0.4, -0.2) is 4.57 Å². The maximum atomic E-state index is 10.4. The van der Waals surface area contributed by atoms with Crippen LogP contribution in [0.2, 0.25) is 0 Å². The number of thiophene rings is 2. The van der Waals surface area contributed by atoms with Crippen LogP contribution in [0.5, 0.6) is 0 Å². The van der Waals surface area contributed by atoms with Gasteiger partial charge in [0.05, 0.1) is 33.9 Å². The first-order valence-corrected chi connectivity index (χ1v) is 17.7. The molecule has 0 atom stereocenters. The predicted molar refractivity (Wildman–Crippen MR) is 207 cm³/mol. The van der Waals surface area contributed by atoms with Gasteiger partial charge in [0.15, 0.2) is 0 Å². The van der Waals surface area contributed by atoms with E-state index in [0.717, 1.165) is 39.0 Å². The van der Waals surface area contributed by atoms with Crippen LogP contribution in [0.4, 0.5) is 0 Å². The van der Waals surface area contributed by atoms with Crippen LogP contribution >= 0.6 is 22.7 Å². The van der Waals surface area contributed by atoms with Crippen molar-refractivity contribution in [2.45, 2.75) is 0 Å². The molecule has 0 aliphatic rings. The van der Waals surface area contributed by atoms with Crippen molar-refractivity contribution in [2.24, 2.45) is 0 Å². The van der Waals surface area contributed by atoms with Gasteiger partial charge in [0.2, 0.25) is 0 Å². The molecular weight excluding hydrogens is 635 g/mol. The Morgan fingerprint density at radius 2 is 1.00 bits per heavy atom. The first-order chi connectivity index (χ1) is 24.2. The predicted octanol–water partition coefficient (Wildman–Crippen LogP) is 12.6. The molecule has 0 saturated carbocycles. The van der Waals surface area contributed by atoms with Crippen molar-refractivity contribution in [3.8, 4) is 40.1 Å². The maximum absolute atomic E-state index is 10.4. The van der Waals surface area contributed by atoms with E-state index in [2.05, 4.69) is 126 Å². The molecule has 0 unspecified atom stereocenters. The molecule has 0 saturated heterocycles. The fraction of sp³-hybridized carbons (Fsp3) is 0. The Balaban J connectivity index is 1.17. The molecule has 0 aliphatic heterocycles. The van der Waals surface area contributed by atoms with Crippen molar-refractivity contribution in [1.82, 2.24) is 4.57 Å². The van der Waals surface area contributed by atoms with Crippen molar-refractivity contribution in [1.29, 1.82) is 10.5 Å². The molecule has 0 amide bonds. The Kier molecular flexibility index (Phi) is 6.04. The van der Waals surface area contributed by atoms with Crippen molar-refractivity contribution in [2.75, 3.05) is 0 Å². The van der Waals surface area contributed by atoms with Gasteiger partial charge in [-0.05, 0) is 83.4 Å². The Bertz CT molecular complexity index is 3030. The third-order valence-corrected chi connectivity index (χ3v) is 11.9. The second-order valence-corrected chi connectivity index (χ2v) is 14.5. The fourth-order valence-electron chi connectivity index (χ4n) is 7.43. The van der Waals surface area contributed by atoms with Gasteiger partial charge in [-0.15, -0.1) is 22.7 Å². The minimum atomic E-state index is 0.644.